The molecule has 5 heteroatoms. The number of oxazole rings is 1. The SMILES string of the molecule is CCCCCCCC(=O)Cc1nc(C(=O)O)co1. The molecular weight excluding hydrogens is 234 g/mol. The number of carboxylic acids is 1. The number of hydrogen-bond acceptors (Lipinski definition) is 4. The van der Waals surface area contributed by atoms with Gasteiger partial charge in [-0.05, 0) is 6.42 Å². The fourth-order valence-corrected chi connectivity index (χ4v) is 1.67. The average Bonchev–Trinajstić information content (AvgIpc) is 2.77. The van der Waals surface area contributed by atoms with E-state index < -0.39 is 5.97 Å². The average molecular weight is 253 g/mol. The van der Waals surface area contributed by atoms with Gasteiger partial charge in [0.2, 0.25) is 5.89 Å². The van der Waals surface area contributed by atoms with Gasteiger partial charge in [0.1, 0.15) is 12.0 Å². The number of aromatic carboxylic acids is 1. The third-order valence-electron chi connectivity index (χ3n) is 2.68. The topological polar surface area (TPSA) is 80.4 Å². The summed E-state index contributed by atoms with van der Waals surface area (Å²) in [5.74, 6) is -0.909. The molecule has 1 heterocycles. The number of carbonyl (C=O) groups excluding carboxylic acids is 1. The lowest BCUT2D eigenvalue weighted by atomic mass is 10.1. The molecule has 5 nitrogen and oxygen atoms in total. The van der Waals surface area contributed by atoms with E-state index in [-0.39, 0.29) is 23.8 Å². The van der Waals surface area contributed by atoms with Crippen LogP contribution in [0.3, 0.4) is 0 Å². The highest BCUT2D eigenvalue weighted by Crippen LogP contribution is 2.08. The van der Waals surface area contributed by atoms with Crippen molar-refractivity contribution in [3.63, 3.8) is 0 Å². The molecule has 1 aromatic rings. The van der Waals surface area contributed by atoms with Crippen molar-refractivity contribution in [1.82, 2.24) is 4.98 Å². The van der Waals surface area contributed by atoms with Gasteiger partial charge in [0.05, 0.1) is 6.42 Å². The minimum absolute atomic E-state index is 0.0466. The number of nitrogens with zero attached hydrogens (tertiary/aromatic N) is 1. The van der Waals surface area contributed by atoms with Crippen molar-refractivity contribution >= 4 is 11.8 Å². The van der Waals surface area contributed by atoms with E-state index in [0.29, 0.717) is 6.42 Å². The molecule has 0 unspecified atom stereocenters. The molecule has 0 radical (unpaired) electrons. The fraction of sp³-hybridized carbons (Fsp3) is 0.615. The van der Waals surface area contributed by atoms with Gasteiger partial charge in [-0.25, -0.2) is 9.78 Å². The Morgan fingerprint density at radius 3 is 2.61 bits per heavy atom. The van der Waals surface area contributed by atoms with Gasteiger partial charge in [0.15, 0.2) is 5.69 Å². The van der Waals surface area contributed by atoms with Crippen LogP contribution in [0.2, 0.25) is 0 Å². The summed E-state index contributed by atoms with van der Waals surface area (Å²) in [6, 6.07) is 0. The second kappa shape index (κ2) is 7.63. The largest absolute Gasteiger partial charge is 0.476 e. The molecular formula is C13H19NO4. The predicted molar refractivity (Wildman–Crippen MR) is 65.5 cm³/mol. The van der Waals surface area contributed by atoms with Gasteiger partial charge < -0.3 is 9.52 Å². The number of rotatable bonds is 9. The molecule has 0 saturated carbocycles. The predicted octanol–water partition coefficient (Wildman–Crippen LogP) is 2.84. The second-order valence-corrected chi connectivity index (χ2v) is 4.31. The Hall–Kier alpha value is -1.65. The highest BCUT2D eigenvalue weighted by atomic mass is 16.4. The summed E-state index contributed by atoms with van der Waals surface area (Å²) in [7, 11) is 0. The van der Waals surface area contributed by atoms with Gasteiger partial charge in [0, 0.05) is 6.42 Å². The molecule has 1 N–H and O–H groups in total. The van der Waals surface area contributed by atoms with Crippen molar-refractivity contribution in [1.29, 1.82) is 0 Å². The van der Waals surface area contributed by atoms with E-state index in [0.717, 1.165) is 25.5 Å². The highest BCUT2D eigenvalue weighted by Gasteiger charge is 2.13. The van der Waals surface area contributed by atoms with Crippen LogP contribution in [-0.4, -0.2) is 21.8 Å². The number of unbranched alkanes of at least 4 members (excludes halogenated alkanes) is 4. The molecule has 18 heavy (non-hydrogen) atoms. The molecule has 0 aliphatic rings. The van der Waals surface area contributed by atoms with Crippen molar-refractivity contribution < 1.29 is 19.1 Å². The monoisotopic (exact) mass is 253 g/mol. The van der Waals surface area contributed by atoms with Crippen LogP contribution >= 0.6 is 0 Å². The molecule has 0 bridgehead atoms. The highest BCUT2D eigenvalue weighted by molar-refractivity contribution is 5.85. The minimum Gasteiger partial charge on any atom is -0.476 e. The molecule has 1 aromatic heterocycles. The van der Waals surface area contributed by atoms with Gasteiger partial charge >= 0.3 is 5.97 Å². The summed E-state index contributed by atoms with van der Waals surface area (Å²) >= 11 is 0. The van der Waals surface area contributed by atoms with Crippen molar-refractivity contribution in [3.8, 4) is 0 Å². The first-order valence-corrected chi connectivity index (χ1v) is 6.33. The summed E-state index contributed by atoms with van der Waals surface area (Å²) < 4.78 is 4.93. The van der Waals surface area contributed by atoms with Crippen LogP contribution in [0.4, 0.5) is 0 Å². The molecule has 0 amide bonds. The lowest BCUT2D eigenvalue weighted by Crippen LogP contribution is -2.04. The number of hydrogen-bond donors (Lipinski definition) is 1. The number of Topliss-reactive ketones (excluding diaryl/α,β-unsaturated/α-hetero) is 1. The summed E-state index contributed by atoms with van der Waals surface area (Å²) in [4.78, 5) is 25.9. The van der Waals surface area contributed by atoms with E-state index in [4.69, 9.17) is 9.52 Å². The van der Waals surface area contributed by atoms with Crippen molar-refractivity contribution in [2.24, 2.45) is 0 Å². The Kier molecular flexibility index (Phi) is 6.11. The Balaban J connectivity index is 2.24. The van der Waals surface area contributed by atoms with Crippen LogP contribution in [0.25, 0.3) is 0 Å². The molecule has 100 valence electrons. The number of aromatic nitrogens is 1. The Morgan fingerprint density at radius 1 is 1.28 bits per heavy atom. The number of ketones is 1. The van der Waals surface area contributed by atoms with Crippen LogP contribution in [0.5, 0.6) is 0 Å². The van der Waals surface area contributed by atoms with E-state index >= 15 is 0 Å². The normalized spacial score (nSPS) is 10.5. The zero-order chi connectivity index (χ0) is 13.4. The van der Waals surface area contributed by atoms with Crippen LogP contribution in [0, 0.1) is 0 Å². The lowest BCUT2D eigenvalue weighted by molar-refractivity contribution is -0.118. The minimum atomic E-state index is -1.14. The molecule has 0 fully saturated rings. The smallest absolute Gasteiger partial charge is 0.357 e. The van der Waals surface area contributed by atoms with Crippen LogP contribution in [0.1, 0.15) is 61.8 Å². The van der Waals surface area contributed by atoms with Gasteiger partial charge in [-0.1, -0.05) is 32.6 Å². The first-order chi connectivity index (χ1) is 8.63. The molecule has 0 aromatic carbocycles. The maximum Gasteiger partial charge on any atom is 0.357 e. The molecule has 0 saturated heterocycles. The molecule has 0 aliphatic heterocycles. The van der Waals surface area contributed by atoms with E-state index in [1.165, 1.54) is 12.8 Å². The summed E-state index contributed by atoms with van der Waals surface area (Å²) in [5, 5.41) is 8.65. The van der Waals surface area contributed by atoms with E-state index in [1.807, 2.05) is 0 Å². The molecule has 0 atom stereocenters. The third-order valence-corrected chi connectivity index (χ3v) is 2.68. The standard InChI is InChI=1S/C13H19NO4/c1-2-3-4-5-6-7-10(15)8-12-14-11(9-18-12)13(16)17/h9H,2-8H2,1H3,(H,16,17). The van der Waals surface area contributed by atoms with Crippen LogP contribution < -0.4 is 0 Å². The Labute approximate surface area is 106 Å². The van der Waals surface area contributed by atoms with Crippen LogP contribution in [-0.2, 0) is 11.2 Å². The Morgan fingerprint density at radius 2 is 2.00 bits per heavy atom. The number of carbonyl (C=O) groups is 2. The maximum atomic E-state index is 11.6. The van der Waals surface area contributed by atoms with Crippen molar-refractivity contribution in [2.45, 2.75) is 51.9 Å². The van der Waals surface area contributed by atoms with Gasteiger partial charge in [0.25, 0.3) is 0 Å². The van der Waals surface area contributed by atoms with Crippen molar-refractivity contribution in [3.05, 3.63) is 17.8 Å². The molecule has 0 spiro atoms. The van der Waals surface area contributed by atoms with E-state index in [9.17, 15) is 9.59 Å². The van der Waals surface area contributed by atoms with Gasteiger partial charge in [-0.3, -0.25) is 4.79 Å². The second-order valence-electron chi connectivity index (χ2n) is 4.31. The number of carboxylic acid groups (broad SMARTS) is 1. The van der Waals surface area contributed by atoms with Gasteiger partial charge in [-0.2, -0.15) is 0 Å². The first kappa shape index (κ1) is 14.4. The summed E-state index contributed by atoms with van der Waals surface area (Å²) in [5.41, 5.74) is -0.152. The first-order valence-electron chi connectivity index (χ1n) is 6.33. The Bertz CT molecular complexity index is 397. The molecule has 1 rings (SSSR count). The lowest BCUT2D eigenvalue weighted by Gasteiger charge is -1.98. The zero-order valence-corrected chi connectivity index (χ0v) is 10.6. The third kappa shape index (κ3) is 5.12. The van der Waals surface area contributed by atoms with Crippen LogP contribution in [0.15, 0.2) is 10.7 Å². The maximum absolute atomic E-state index is 11.6. The zero-order valence-electron chi connectivity index (χ0n) is 10.6. The van der Waals surface area contributed by atoms with Crippen molar-refractivity contribution in [2.75, 3.05) is 0 Å². The summed E-state index contributed by atoms with van der Waals surface area (Å²) in [6.07, 6.45) is 7.14. The van der Waals surface area contributed by atoms with Gasteiger partial charge in [-0.15, -0.1) is 0 Å². The summed E-state index contributed by atoms with van der Waals surface area (Å²) in [6.45, 7) is 2.15. The molecule has 0 aliphatic carbocycles. The van der Waals surface area contributed by atoms with E-state index in [1.54, 1.807) is 0 Å². The quantitative estimate of drug-likeness (QED) is 0.684. The fourth-order valence-electron chi connectivity index (χ4n) is 1.67. The van der Waals surface area contributed by atoms with E-state index in [2.05, 4.69) is 11.9 Å².